The standard InChI is InChI=1S/C14H13N3/c1-9-3-2-4-11-12(8-17-14(9)11)13-6-5-10(15)7-16-13/h2-8,17H,15H2,1H3. The number of nitrogen functional groups attached to an aromatic ring is 1. The molecule has 0 radical (unpaired) electrons. The van der Waals surface area contributed by atoms with E-state index in [0.717, 1.165) is 11.3 Å². The number of aromatic nitrogens is 2. The topological polar surface area (TPSA) is 54.7 Å². The highest BCUT2D eigenvalue weighted by Gasteiger charge is 2.07. The van der Waals surface area contributed by atoms with E-state index in [4.69, 9.17) is 5.73 Å². The van der Waals surface area contributed by atoms with Gasteiger partial charge in [-0.25, -0.2) is 0 Å². The van der Waals surface area contributed by atoms with Crippen molar-refractivity contribution in [1.82, 2.24) is 9.97 Å². The predicted octanol–water partition coefficient (Wildman–Crippen LogP) is 3.12. The van der Waals surface area contributed by atoms with E-state index in [1.807, 2.05) is 18.3 Å². The Hall–Kier alpha value is -2.29. The number of benzene rings is 1. The van der Waals surface area contributed by atoms with E-state index in [9.17, 15) is 0 Å². The second kappa shape index (κ2) is 3.63. The van der Waals surface area contributed by atoms with Crippen LogP contribution < -0.4 is 5.73 Å². The van der Waals surface area contributed by atoms with Crippen LogP contribution >= 0.6 is 0 Å². The van der Waals surface area contributed by atoms with Crippen LogP contribution in [-0.2, 0) is 0 Å². The molecule has 2 heterocycles. The summed E-state index contributed by atoms with van der Waals surface area (Å²) in [4.78, 5) is 7.65. The first-order valence-electron chi connectivity index (χ1n) is 5.54. The van der Waals surface area contributed by atoms with E-state index in [2.05, 4.69) is 35.1 Å². The number of hydrogen-bond donors (Lipinski definition) is 2. The summed E-state index contributed by atoms with van der Waals surface area (Å²) >= 11 is 0. The number of H-pyrrole nitrogens is 1. The number of anilines is 1. The molecule has 0 fully saturated rings. The Balaban J connectivity index is 2.24. The lowest BCUT2D eigenvalue weighted by Gasteiger charge is -2.00. The van der Waals surface area contributed by atoms with E-state index in [-0.39, 0.29) is 0 Å². The number of rotatable bonds is 1. The molecule has 0 spiro atoms. The van der Waals surface area contributed by atoms with Crippen LogP contribution in [0.3, 0.4) is 0 Å². The minimum atomic E-state index is 0.685. The first-order valence-corrected chi connectivity index (χ1v) is 5.54. The number of aryl methyl sites for hydroxylation is 1. The Morgan fingerprint density at radius 2 is 2.06 bits per heavy atom. The molecule has 0 aliphatic heterocycles. The Labute approximate surface area is 99.3 Å². The van der Waals surface area contributed by atoms with Crippen LogP contribution in [0.4, 0.5) is 5.69 Å². The van der Waals surface area contributed by atoms with Gasteiger partial charge in [-0.15, -0.1) is 0 Å². The lowest BCUT2D eigenvalue weighted by Crippen LogP contribution is -1.87. The fourth-order valence-corrected chi connectivity index (χ4v) is 2.08. The smallest absolute Gasteiger partial charge is 0.0725 e. The fraction of sp³-hybridized carbons (Fsp3) is 0.0714. The van der Waals surface area contributed by atoms with Gasteiger partial charge in [-0.2, -0.15) is 0 Å². The summed E-state index contributed by atoms with van der Waals surface area (Å²) in [6.07, 6.45) is 3.68. The van der Waals surface area contributed by atoms with Crippen molar-refractivity contribution < 1.29 is 0 Å². The van der Waals surface area contributed by atoms with Crippen molar-refractivity contribution in [3.05, 3.63) is 48.3 Å². The molecule has 0 aliphatic carbocycles. The van der Waals surface area contributed by atoms with Crippen molar-refractivity contribution in [2.75, 3.05) is 5.73 Å². The third-order valence-electron chi connectivity index (χ3n) is 2.99. The molecule has 2 aromatic heterocycles. The molecule has 0 saturated carbocycles. The second-order valence-corrected chi connectivity index (χ2v) is 4.18. The molecule has 0 saturated heterocycles. The molecular formula is C14H13N3. The summed E-state index contributed by atoms with van der Waals surface area (Å²) in [5, 5.41) is 1.20. The highest BCUT2D eigenvalue weighted by Crippen LogP contribution is 2.28. The molecule has 17 heavy (non-hydrogen) atoms. The molecule has 1 aromatic carbocycles. The first kappa shape index (κ1) is 9.90. The van der Waals surface area contributed by atoms with Crippen LogP contribution in [-0.4, -0.2) is 9.97 Å². The van der Waals surface area contributed by atoms with E-state index in [0.29, 0.717) is 5.69 Å². The number of para-hydroxylation sites is 1. The molecule has 3 rings (SSSR count). The molecular weight excluding hydrogens is 210 g/mol. The molecule has 3 nitrogen and oxygen atoms in total. The van der Waals surface area contributed by atoms with Crippen LogP contribution in [0.5, 0.6) is 0 Å². The van der Waals surface area contributed by atoms with Gasteiger partial charge in [0.2, 0.25) is 0 Å². The molecule has 0 bridgehead atoms. The average molecular weight is 223 g/mol. The van der Waals surface area contributed by atoms with Crippen molar-refractivity contribution in [1.29, 1.82) is 0 Å². The molecule has 0 atom stereocenters. The first-order chi connectivity index (χ1) is 8.25. The van der Waals surface area contributed by atoms with Crippen molar-refractivity contribution in [2.24, 2.45) is 0 Å². The van der Waals surface area contributed by atoms with Crippen LogP contribution in [0, 0.1) is 6.92 Å². The molecule has 0 amide bonds. The minimum absolute atomic E-state index is 0.685. The third kappa shape index (κ3) is 1.56. The second-order valence-electron chi connectivity index (χ2n) is 4.18. The highest BCUT2D eigenvalue weighted by atomic mass is 14.7. The monoisotopic (exact) mass is 223 g/mol. The van der Waals surface area contributed by atoms with Crippen LogP contribution in [0.2, 0.25) is 0 Å². The van der Waals surface area contributed by atoms with Gasteiger partial charge in [-0.1, -0.05) is 18.2 Å². The summed E-state index contributed by atoms with van der Waals surface area (Å²) in [6.45, 7) is 2.10. The molecule has 3 N–H and O–H groups in total. The van der Waals surface area contributed by atoms with Crippen molar-refractivity contribution in [2.45, 2.75) is 6.92 Å². The minimum Gasteiger partial charge on any atom is -0.397 e. The number of pyridine rings is 1. The van der Waals surface area contributed by atoms with Gasteiger partial charge in [0.25, 0.3) is 0 Å². The van der Waals surface area contributed by atoms with E-state index >= 15 is 0 Å². The van der Waals surface area contributed by atoms with Gasteiger partial charge in [-0.3, -0.25) is 4.98 Å². The summed E-state index contributed by atoms with van der Waals surface area (Å²) in [6, 6.07) is 10.1. The van der Waals surface area contributed by atoms with Crippen molar-refractivity contribution >= 4 is 16.6 Å². The van der Waals surface area contributed by atoms with Gasteiger partial charge in [0.05, 0.1) is 17.6 Å². The molecule has 3 aromatic rings. The number of hydrogen-bond acceptors (Lipinski definition) is 2. The SMILES string of the molecule is Cc1cccc2c(-c3ccc(N)cn3)c[nH]c12. The van der Waals surface area contributed by atoms with Gasteiger partial charge in [0.15, 0.2) is 0 Å². The Bertz CT molecular complexity index is 666. The van der Waals surface area contributed by atoms with Gasteiger partial charge in [0.1, 0.15) is 0 Å². The van der Waals surface area contributed by atoms with Gasteiger partial charge in [-0.05, 0) is 24.6 Å². The van der Waals surface area contributed by atoms with Crippen molar-refractivity contribution in [3.8, 4) is 11.3 Å². The van der Waals surface area contributed by atoms with Crippen LogP contribution in [0.15, 0.2) is 42.7 Å². The zero-order valence-corrected chi connectivity index (χ0v) is 9.57. The number of nitrogens with two attached hydrogens (primary N) is 1. The van der Waals surface area contributed by atoms with E-state index in [1.165, 1.54) is 16.5 Å². The third-order valence-corrected chi connectivity index (χ3v) is 2.99. The molecule has 0 unspecified atom stereocenters. The summed E-state index contributed by atoms with van der Waals surface area (Å²) in [5.41, 5.74) is 10.8. The zero-order valence-electron chi connectivity index (χ0n) is 9.57. The summed E-state index contributed by atoms with van der Waals surface area (Å²) < 4.78 is 0. The van der Waals surface area contributed by atoms with E-state index in [1.54, 1.807) is 6.20 Å². The number of aromatic amines is 1. The summed E-state index contributed by atoms with van der Waals surface area (Å²) in [5.74, 6) is 0. The lowest BCUT2D eigenvalue weighted by atomic mass is 10.1. The maximum absolute atomic E-state index is 5.65. The summed E-state index contributed by atoms with van der Waals surface area (Å²) in [7, 11) is 0. The molecule has 0 aliphatic rings. The fourth-order valence-electron chi connectivity index (χ4n) is 2.08. The zero-order chi connectivity index (χ0) is 11.8. The number of nitrogens with zero attached hydrogens (tertiary/aromatic N) is 1. The maximum atomic E-state index is 5.65. The van der Waals surface area contributed by atoms with Crippen LogP contribution in [0.25, 0.3) is 22.2 Å². The van der Waals surface area contributed by atoms with Crippen LogP contribution in [0.1, 0.15) is 5.56 Å². The Morgan fingerprint density at radius 3 is 2.82 bits per heavy atom. The predicted molar refractivity (Wildman–Crippen MR) is 70.7 cm³/mol. The molecule has 84 valence electrons. The normalized spacial score (nSPS) is 10.9. The van der Waals surface area contributed by atoms with E-state index < -0.39 is 0 Å². The molecule has 3 heteroatoms. The van der Waals surface area contributed by atoms with Crippen molar-refractivity contribution in [3.63, 3.8) is 0 Å². The quantitative estimate of drug-likeness (QED) is 0.666. The maximum Gasteiger partial charge on any atom is 0.0725 e. The Morgan fingerprint density at radius 1 is 1.18 bits per heavy atom. The number of fused-ring (bicyclic) bond motifs is 1. The largest absolute Gasteiger partial charge is 0.397 e. The highest BCUT2D eigenvalue weighted by molar-refractivity contribution is 5.96. The average Bonchev–Trinajstić information content (AvgIpc) is 2.75. The van der Waals surface area contributed by atoms with Gasteiger partial charge >= 0.3 is 0 Å². The Kier molecular flexibility index (Phi) is 2.11. The lowest BCUT2D eigenvalue weighted by molar-refractivity contribution is 1.33. The number of nitrogens with one attached hydrogen (secondary N) is 1. The van der Waals surface area contributed by atoms with Gasteiger partial charge in [0, 0.05) is 22.7 Å². The van der Waals surface area contributed by atoms with Gasteiger partial charge < -0.3 is 10.7 Å².